The first-order valence-corrected chi connectivity index (χ1v) is 10.3. The maximum absolute atomic E-state index is 14.0. The van der Waals surface area contributed by atoms with E-state index in [0.717, 1.165) is 23.6 Å². The van der Waals surface area contributed by atoms with Gasteiger partial charge in [-0.3, -0.25) is 4.79 Å². The molecule has 2 aliphatic heterocycles. The summed E-state index contributed by atoms with van der Waals surface area (Å²) < 4.78 is 41.0. The van der Waals surface area contributed by atoms with E-state index in [2.05, 4.69) is 0 Å². The lowest BCUT2D eigenvalue weighted by Gasteiger charge is -2.32. The summed E-state index contributed by atoms with van der Waals surface area (Å²) in [7, 11) is -3.96. The molecule has 5 nitrogen and oxygen atoms in total. The molecule has 2 saturated heterocycles. The number of piperidine rings is 1. The number of hydrogen-bond donors (Lipinski definition) is 0. The third kappa shape index (κ3) is 3.68. The second-order valence-electron chi connectivity index (χ2n) is 6.72. The van der Waals surface area contributed by atoms with E-state index >= 15 is 0 Å². The van der Waals surface area contributed by atoms with Gasteiger partial charge in [0, 0.05) is 31.1 Å². The van der Waals surface area contributed by atoms with Crippen LogP contribution in [-0.2, 0) is 14.8 Å². The summed E-state index contributed by atoms with van der Waals surface area (Å²) in [6.07, 6.45) is 1.45. The van der Waals surface area contributed by atoms with Crippen LogP contribution in [-0.4, -0.2) is 55.4 Å². The van der Waals surface area contributed by atoms with Gasteiger partial charge in [-0.05, 0) is 49.9 Å². The van der Waals surface area contributed by atoms with Crippen molar-refractivity contribution in [3.63, 3.8) is 0 Å². The molecule has 3 rings (SSSR count). The SMILES string of the molecule is Cc1cc(S(=O)(=O)N2CC(F)CC2C(=O)N2CCCCC2)ccc1Cl. The van der Waals surface area contributed by atoms with Gasteiger partial charge in [-0.25, -0.2) is 12.8 Å². The van der Waals surface area contributed by atoms with Crippen LogP contribution in [0.15, 0.2) is 23.1 Å². The van der Waals surface area contributed by atoms with Gasteiger partial charge in [0.2, 0.25) is 15.9 Å². The molecule has 2 aliphatic rings. The first kappa shape index (κ1) is 18.6. The summed E-state index contributed by atoms with van der Waals surface area (Å²) in [5.74, 6) is -0.283. The highest BCUT2D eigenvalue weighted by Gasteiger charge is 2.45. The highest BCUT2D eigenvalue weighted by molar-refractivity contribution is 7.89. The Morgan fingerprint density at radius 1 is 1.24 bits per heavy atom. The zero-order valence-electron chi connectivity index (χ0n) is 14.1. The Morgan fingerprint density at radius 3 is 2.56 bits per heavy atom. The predicted molar refractivity (Wildman–Crippen MR) is 93.8 cm³/mol. The lowest BCUT2D eigenvalue weighted by Crippen LogP contribution is -2.49. The highest BCUT2D eigenvalue weighted by Crippen LogP contribution is 2.31. The number of amides is 1. The van der Waals surface area contributed by atoms with Gasteiger partial charge in [0.1, 0.15) is 12.2 Å². The number of halogens is 2. The summed E-state index contributed by atoms with van der Waals surface area (Å²) in [4.78, 5) is 14.5. The van der Waals surface area contributed by atoms with E-state index in [1.54, 1.807) is 11.8 Å². The summed E-state index contributed by atoms with van der Waals surface area (Å²) in [5, 5.41) is 0.463. The molecule has 0 radical (unpaired) electrons. The average Bonchev–Trinajstić information content (AvgIpc) is 3.00. The van der Waals surface area contributed by atoms with Crippen LogP contribution in [0.1, 0.15) is 31.2 Å². The fourth-order valence-electron chi connectivity index (χ4n) is 3.48. The third-order valence-corrected chi connectivity index (χ3v) is 7.19. The first-order valence-electron chi connectivity index (χ1n) is 8.51. The minimum absolute atomic E-state index is 0.0416. The van der Waals surface area contributed by atoms with E-state index < -0.39 is 22.2 Å². The molecule has 0 N–H and O–H groups in total. The van der Waals surface area contributed by atoms with Crippen LogP contribution in [0, 0.1) is 6.92 Å². The second-order valence-corrected chi connectivity index (χ2v) is 9.02. The Hall–Kier alpha value is -1.18. The number of carbonyl (C=O) groups excluding carboxylic acids is 1. The van der Waals surface area contributed by atoms with Crippen molar-refractivity contribution in [3.05, 3.63) is 28.8 Å². The molecule has 1 aromatic rings. The van der Waals surface area contributed by atoms with Crippen molar-refractivity contribution in [1.29, 1.82) is 0 Å². The van der Waals surface area contributed by atoms with Crippen molar-refractivity contribution in [2.45, 2.75) is 49.7 Å². The van der Waals surface area contributed by atoms with Crippen molar-refractivity contribution in [1.82, 2.24) is 9.21 Å². The maximum Gasteiger partial charge on any atom is 0.243 e. The predicted octanol–water partition coefficient (Wildman–Crippen LogP) is 2.76. The van der Waals surface area contributed by atoms with Gasteiger partial charge in [0.05, 0.1) is 4.90 Å². The zero-order valence-corrected chi connectivity index (χ0v) is 15.7. The standard InChI is InChI=1S/C17H22ClFN2O3S/c1-12-9-14(5-6-15(12)18)25(23,24)21-11-13(19)10-16(21)17(22)20-7-3-2-4-8-20/h5-6,9,13,16H,2-4,7-8,10-11H2,1H3. The number of carbonyl (C=O) groups is 1. The first-order chi connectivity index (χ1) is 11.8. The van der Waals surface area contributed by atoms with E-state index in [0.29, 0.717) is 23.7 Å². The second kappa shape index (κ2) is 7.21. The molecule has 2 heterocycles. The van der Waals surface area contributed by atoms with E-state index in [9.17, 15) is 17.6 Å². The van der Waals surface area contributed by atoms with Crippen molar-refractivity contribution in [2.24, 2.45) is 0 Å². The number of alkyl halides is 1. The lowest BCUT2D eigenvalue weighted by molar-refractivity contribution is -0.135. The lowest BCUT2D eigenvalue weighted by atomic mass is 10.1. The number of aryl methyl sites for hydroxylation is 1. The van der Waals surface area contributed by atoms with E-state index in [1.807, 2.05) is 0 Å². The van der Waals surface area contributed by atoms with Gasteiger partial charge < -0.3 is 4.90 Å². The molecule has 1 amide bonds. The summed E-state index contributed by atoms with van der Waals surface area (Å²) in [6, 6.07) is 3.41. The number of sulfonamides is 1. The highest BCUT2D eigenvalue weighted by atomic mass is 35.5. The minimum Gasteiger partial charge on any atom is -0.341 e. The van der Waals surface area contributed by atoms with Crippen LogP contribution in [0.3, 0.4) is 0 Å². The van der Waals surface area contributed by atoms with Gasteiger partial charge in [-0.1, -0.05) is 11.6 Å². The topological polar surface area (TPSA) is 57.7 Å². The Bertz CT molecular complexity index is 765. The molecule has 0 spiro atoms. The van der Waals surface area contributed by atoms with E-state index in [-0.39, 0.29) is 23.8 Å². The van der Waals surface area contributed by atoms with Crippen molar-refractivity contribution >= 4 is 27.5 Å². The zero-order chi connectivity index (χ0) is 18.2. The summed E-state index contributed by atoms with van der Waals surface area (Å²) >= 11 is 5.97. The van der Waals surface area contributed by atoms with Gasteiger partial charge >= 0.3 is 0 Å². The number of nitrogens with zero attached hydrogens (tertiary/aromatic N) is 2. The van der Waals surface area contributed by atoms with Crippen molar-refractivity contribution < 1.29 is 17.6 Å². The minimum atomic E-state index is -3.96. The molecule has 0 bridgehead atoms. The van der Waals surface area contributed by atoms with Crippen molar-refractivity contribution in [3.8, 4) is 0 Å². The molecule has 25 heavy (non-hydrogen) atoms. The van der Waals surface area contributed by atoms with Crippen LogP contribution in [0.25, 0.3) is 0 Å². The summed E-state index contributed by atoms with van der Waals surface area (Å²) in [5.41, 5.74) is 0.623. The Morgan fingerprint density at radius 2 is 1.92 bits per heavy atom. The molecule has 2 atom stereocenters. The molecule has 1 aromatic carbocycles. The largest absolute Gasteiger partial charge is 0.341 e. The van der Waals surface area contributed by atoms with E-state index in [1.165, 1.54) is 18.2 Å². The molecule has 2 unspecified atom stereocenters. The van der Waals surface area contributed by atoms with Crippen molar-refractivity contribution in [2.75, 3.05) is 19.6 Å². The fraction of sp³-hybridized carbons (Fsp3) is 0.588. The molecular formula is C17H22ClFN2O3S. The Balaban J connectivity index is 1.89. The van der Waals surface area contributed by atoms with E-state index in [4.69, 9.17) is 11.6 Å². The Kier molecular flexibility index (Phi) is 5.37. The van der Waals surface area contributed by atoms with Crippen LogP contribution in [0.2, 0.25) is 5.02 Å². The number of benzene rings is 1. The van der Waals surface area contributed by atoms with Gasteiger partial charge in [0.25, 0.3) is 0 Å². The van der Waals surface area contributed by atoms with Gasteiger partial charge in [-0.15, -0.1) is 0 Å². The molecule has 138 valence electrons. The van der Waals surface area contributed by atoms with Crippen LogP contribution >= 0.6 is 11.6 Å². The van der Waals surface area contributed by atoms with Gasteiger partial charge in [-0.2, -0.15) is 4.31 Å². The quantitative estimate of drug-likeness (QED) is 0.800. The third-order valence-electron chi connectivity index (χ3n) is 4.89. The molecule has 2 fully saturated rings. The molecule has 0 saturated carbocycles. The average molecular weight is 389 g/mol. The monoisotopic (exact) mass is 388 g/mol. The smallest absolute Gasteiger partial charge is 0.243 e. The van der Waals surface area contributed by atoms with Gasteiger partial charge in [0.15, 0.2) is 0 Å². The van der Waals surface area contributed by atoms with Crippen LogP contribution in [0.5, 0.6) is 0 Å². The Labute approximate surface area is 152 Å². The molecular weight excluding hydrogens is 367 g/mol. The molecule has 8 heteroatoms. The van der Waals surface area contributed by atoms with Crippen LogP contribution < -0.4 is 0 Å². The van der Waals surface area contributed by atoms with Crippen LogP contribution in [0.4, 0.5) is 4.39 Å². The molecule has 0 aromatic heterocycles. The molecule has 0 aliphatic carbocycles. The number of rotatable bonds is 3. The fourth-order valence-corrected chi connectivity index (χ4v) is 5.31. The summed E-state index contributed by atoms with van der Waals surface area (Å²) in [6.45, 7) is 2.65. The normalized spacial score (nSPS) is 25.3. The maximum atomic E-state index is 14.0. The number of hydrogen-bond acceptors (Lipinski definition) is 3. The number of likely N-dealkylation sites (tertiary alicyclic amines) is 1.